The molecule has 29 heavy (non-hydrogen) atoms. The van der Waals surface area contributed by atoms with Crippen molar-refractivity contribution in [1.82, 2.24) is 4.98 Å². The van der Waals surface area contributed by atoms with Crippen LogP contribution in [0.4, 0.5) is 5.82 Å². The normalized spacial score (nSPS) is 22.3. The monoisotopic (exact) mass is 418 g/mol. The van der Waals surface area contributed by atoms with Crippen molar-refractivity contribution in [2.24, 2.45) is 0 Å². The Morgan fingerprint density at radius 1 is 1.10 bits per heavy atom. The second-order valence-corrected chi connectivity index (χ2v) is 16.6. The van der Waals surface area contributed by atoms with Crippen molar-refractivity contribution < 1.29 is 18.8 Å². The topological polar surface area (TPSA) is 60.9 Å². The van der Waals surface area contributed by atoms with Crippen LogP contribution < -0.4 is 10.4 Å². The molecule has 0 saturated carbocycles. The van der Waals surface area contributed by atoms with Crippen LogP contribution in [0, 0.1) is 0 Å². The van der Waals surface area contributed by atoms with Crippen LogP contribution in [0.2, 0.25) is 25.7 Å². The Bertz CT molecular complexity index is 788. The molecule has 1 aromatic heterocycles. The van der Waals surface area contributed by atoms with E-state index in [0.29, 0.717) is 12.4 Å². The van der Waals surface area contributed by atoms with Gasteiger partial charge in [0.1, 0.15) is 12.5 Å². The van der Waals surface area contributed by atoms with Crippen molar-refractivity contribution >= 4 is 32.4 Å². The second-order valence-electron chi connectivity index (χ2n) is 10.9. The maximum Gasteiger partial charge on any atom is 0.496 e. The minimum absolute atomic E-state index is 0.0130. The van der Waals surface area contributed by atoms with Crippen molar-refractivity contribution in [3.63, 3.8) is 0 Å². The Balaban J connectivity index is 1.81. The van der Waals surface area contributed by atoms with E-state index >= 15 is 0 Å². The summed E-state index contributed by atoms with van der Waals surface area (Å²) in [4.78, 5) is 19.4. The van der Waals surface area contributed by atoms with Crippen molar-refractivity contribution in [3.05, 3.63) is 17.8 Å². The van der Waals surface area contributed by atoms with Crippen molar-refractivity contribution in [2.75, 3.05) is 18.2 Å². The average molecular weight is 418 g/mol. The van der Waals surface area contributed by atoms with Gasteiger partial charge in [-0.3, -0.25) is 9.69 Å². The average Bonchev–Trinajstić information content (AvgIpc) is 2.91. The van der Waals surface area contributed by atoms with Crippen LogP contribution in [-0.2, 0) is 24.3 Å². The van der Waals surface area contributed by atoms with Crippen LogP contribution in [0.25, 0.3) is 0 Å². The first-order chi connectivity index (χ1) is 13.2. The summed E-state index contributed by atoms with van der Waals surface area (Å²) in [5.41, 5.74) is 0.231. The Morgan fingerprint density at radius 2 is 1.69 bits per heavy atom. The lowest BCUT2D eigenvalue weighted by atomic mass is 9.77. The first kappa shape index (κ1) is 22.5. The molecule has 0 aliphatic carbocycles. The largest absolute Gasteiger partial charge is 0.496 e. The molecular formula is C21H35BN2O4Si. The van der Waals surface area contributed by atoms with Crippen LogP contribution in [0.3, 0.4) is 0 Å². The Hall–Kier alpha value is -1.22. The summed E-state index contributed by atoms with van der Waals surface area (Å²) in [6.45, 7) is 19.8. The first-order valence-corrected chi connectivity index (χ1v) is 14.1. The third kappa shape index (κ3) is 4.17. The SMILES string of the molecule is CC1(C)C(=O)N(COCC[Si](C)(C)C)c2ncc(B3OC(C)(C)C(C)(C)O3)cc21. The number of carbonyl (C=O) groups excluding carboxylic acids is 1. The summed E-state index contributed by atoms with van der Waals surface area (Å²) in [7, 11) is -1.66. The van der Waals surface area contributed by atoms with E-state index in [4.69, 9.17) is 14.0 Å². The lowest BCUT2D eigenvalue weighted by molar-refractivity contribution is -0.123. The number of fused-ring (bicyclic) bond motifs is 1. The number of aromatic nitrogens is 1. The fourth-order valence-corrected chi connectivity index (χ4v) is 4.22. The van der Waals surface area contributed by atoms with E-state index in [-0.39, 0.29) is 12.6 Å². The molecule has 1 aromatic rings. The van der Waals surface area contributed by atoms with Gasteiger partial charge in [0.2, 0.25) is 5.91 Å². The molecule has 0 spiro atoms. The number of pyridine rings is 1. The molecule has 6 nitrogen and oxygen atoms in total. The van der Waals surface area contributed by atoms with E-state index in [1.807, 2.05) is 47.6 Å². The van der Waals surface area contributed by atoms with Gasteiger partial charge < -0.3 is 14.0 Å². The number of carbonyl (C=O) groups is 1. The molecule has 1 amide bonds. The predicted octanol–water partition coefficient (Wildman–Crippen LogP) is 3.32. The van der Waals surface area contributed by atoms with Gasteiger partial charge in [0.25, 0.3) is 0 Å². The molecule has 0 radical (unpaired) electrons. The van der Waals surface area contributed by atoms with E-state index in [2.05, 4.69) is 24.6 Å². The van der Waals surface area contributed by atoms with Crippen LogP contribution in [0.1, 0.15) is 47.1 Å². The van der Waals surface area contributed by atoms with E-state index in [1.165, 1.54) is 0 Å². The fraction of sp³-hybridized carbons (Fsp3) is 0.714. The maximum absolute atomic E-state index is 13.1. The van der Waals surface area contributed by atoms with Crippen LogP contribution in [0.5, 0.6) is 0 Å². The van der Waals surface area contributed by atoms with Gasteiger partial charge in [0.15, 0.2) is 0 Å². The number of amides is 1. The molecule has 2 aliphatic rings. The lowest BCUT2D eigenvalue weighted by Crippen LogP contribution is -2.41. The minimum atomic E-state index is -1.17. The smallest absolute Gasteiger partial charge is 0.399 e. The van der Waals surface area contributed by atoms with Gasteiger partial charge in [0.05, 0.1) is 16.6 Å². The molecule has 0 bridgehead atoms. The number of hydrogen-bond donors (Lipinski definition) is 0. The maximum atomic E-state index is 13.1. The van der Waals surface area contributed by atoms with Crippen molar-refractivity contribution in [2.45, 2.75) is 83.8 Å². The number of hydrogen-bond acceptors (Lipinski definition) is 5. The number of nitrogens with zero attached hydrogens (tertiary/aromatic N) is 2. The van der Waals surface area contributed by atoms with Gasteiger partial charge in [0, 0.05) is 31.9 Å². The third-order valence-corrected chi connectivity index (χ3v) is 8.04. The summed E-state index contributed by atoms with van der Waals surface area (Å²) in [5, 5.41) is 0. The lowest BCUT2D eigenvalue weighted by Gasteiger charge is -2.32. The second kappa shape index (κ2) is 7.18. The van der Waals surface area contributed by atoms with Crippen molar-refractivity contribution in [3.8, 4) is 0 Å². The highest BCUT2D eigenvalue weighted by molar-refractivity contribution is 6.76. The molecule has 0 unspecified atom stereocenters. The van der Waals surface area contributed by atoms with E-state index in [0.717, 1.165) is 17.1 Å². The third-order valence-electron chi connectivity index (χ3n) is 6.34. The summed E-state index contributed by atoms with van der Waals surface area (Å²) < 4.78 is 18.2. The van der Waals surface area contributed by atoms with E-state index < -0.39 is 31.8 Å². The predicted molar refractivity (Wildman–Crippen MR) is 119 cm³/mol. The molecule has 2 aliphatic heterocycles. The highest BCUT2D eigenvalue weighted by Gasteiger charge is 2.53. The van der Waals surface area contributed by atoms with E-state index in [1.54, 1.807) is 11.1 Å². The molecule has 3 heterocycles. The standard InChI is InChI=1S/C21H35BN2O4Si/c1-19(2)16-12-15(22-27-20(3,4)21(5,6)28-22)13-23-17(16)24(18(19)25)14-26-10-11-29(7,8)9/h12-13H,10-11,14H2,1-9H3. The van der Waals surface area contributed by atoms with Gasteiger partial charge in [-0.2, -0.15) is 0 Å². The molecule has 0 atom stereocenters. The molecule has 8 heteroatoms. The molecular weight excluding hydrogens is 383 g/mol. The van der Waals surface area contributed by atoms with Crippen LogP contribution >= 0.6 is 0 Å². The number of rotatable bonds is 6. The number of ether oxygens (including phenoxy) is 1. The van der Waals surface area contributed by atoms with Crippen LogP contribution in [-0.4, -0.2) is 50.6 Å². The molecule has 160 valence electrons. The Labute approximate surface area is 176 Å². The highest BCUT2D eigenvalue weighted by atomic mass is 28.3. The van der Waals surface area contributed by atoms with Gasteiger partial charge in [-0.25, -0.2) is 4.98 Å². The van der Waals surface area contributed by atoms with Gasteiger partial charge in [-0.1, -0.05) is 25.7 Å². The molecule has 1 fully saturated rings. The summed E-state index contributed by atoms with van der Waals surface area (Å²) in [6.07, 6.45) is 1.75. The molecule has 1 saturated heterocycles. The van der Waals surface area contributed by atoms with Gasteiger partial charge in [-0.15, -0.1) is 0 Å². The number of anilines is 1. The Kier molecular flexibility index (Phi) is 5.57. The fourth-order valence-electron chi connectivity index (χ4n) is 3.46. The van der Waals surface area contributed by atoms with Gasteiger partial charge in [-0.05, 0) is 47.6 Å². The zero-order chi connectivity index (χ0) is 21.8. The summed E-state index contributed by atoms with van der Waals surface area (Å²) in [5.74, 6) is 0.687. The summed E-state index contributed by atoms with van der Waals surface area (Å²) >= 11 is 0. The molecule has 0 aromatic carbocycles. The Morgan fingerprint density at radius 3 is 2.24 bits per heavy atom. The first-order valence-electron chi connectivity index (χ1n) is 10.4. The molecule has 0 N–H and O–H groups in total. The van der Waals surface area contributed by atoms with Gasteiger partial charge >= 0.3 is 7.12 Å². The van der Waals surface area contributed by atoms with Crippen LogP contribution in [0.15, 0.2) is 12.3 Å². The quantitative estimate of drug-likeness (QED) is 0.524. The summed E-state index contributed by atoms with van der Waals surface area (Å²) in [6, 6.07) is 3.07. The zero-order valence-electron chi connectivity index (χ0n) is 19.4. The highest BCUT2D eigenvalue weighted by Crippen LogP contribution is 2.41. The zero-order valence-corrected chi connectivity index (χ0v) is 20.4. The molecule has 3 rings (SSSR count). The van der Waals surface area contributed by atoms with E-state index in [9.17, 15) is 4.79 Å². The van der Waals surface area contributed by atoms with Crippen molar-refractivity contribution in [1.29, 1.82) is 0 Å². The minimum Gasteiger partial charge on any atom is -0.399 e.